The van der Waals surface area contributed by atoms with E-state index in [0.29, 0.717) is 0 Å². The number of aliphatic hydroxyl groups excluding tert-OH is 1. The number of aliphatic carboxylic acids is 1. The van der Waals surface area contributed by atoms with Crippen LogP contribution in [0, 0.1) is 5.41 Å². The predicted octanol–water partition coefficient (Wildman–Crippen LogP) is 1.18. The fourth-order valence-corrected chi connectivity index (χ4v) is 1.09. The summed E-state index contributed by atoms with van der Waals surface area (Å²) in [7, 11) is 0. The Kier molecular flexibility index (Phi) is 4.49. The molecular formula is C11H20O4. The van der Waals surface area contributed by atoms with Gasteiger partial charge in [-0.05, 0) is 33.6 Å². The first kappa shape index (κ1) is 14.1. The molecule has 0 aliphatic carbocycles. The fraction of sp³-hybridized carbons (Fsp3) is 0.727. The molecule has 0 saturated carbocycles. The monoisotopic (exact) mass is 216 g/mol. The maximum absolute atomic E-state index is 10.9. The molecule has 0 aliphatic rings. The van der Waals surface area contributed by atoms with Gasteiger partial charge in [0.1, 0.15) is 0 Å². The summed E-state index contributed by atoms with van der Waals surface area (Å²) in [6.45, 7) is 7.99. The summed E-state index contributed by atoms with van der Waals surface area (Å²) in [6, 6.07) is 0. The molecule has 0 amide bonds. The van der Waals surface area contributed by atoms with Crippen LogP contribution in [0.5, 0.6) is 0 Å². The Balaban J connectivity index is 4.37. The van der Waals surface area contributed by atoms with Gasteiger partial charge >= 0.3 is 5.97 Å². The molecule has 0 heterocycles. The quantitative estimate of drug-likeness (QED) is 0.582. The number of aliphatic hydroxyl groups is 2. The van der Waals surface area contributed by atoms with Gasteiger partial charge in [0.15, 0.2) is 0 Å². The second-order valence-electron chi connectivity index (χ2n) is 4.63. The van der Waals surface area contributed by atoms with Gasteiger partial charge in [0.2, 0.25) is 0 Å². The fourth-order valence-electron chi connectivity index (χ4n) is 1.09. The third-order valence-corrected chi connectivity index (χ3v) is 2.69. The van der Waals surface area contributed by atoms with Crippen molar-refractivity contribution in [2.45, 2.75) is 45.3 Å². The Morgan fingerprint density at radius 2 is 1.93 bits per heavy atom. The highest BCUT2D eigenvalue weighted by atomic mass is 16.4. The molecule has 88 valence electrons. The summed E-state index contributed by atoms with van der Waals surface area (Å²) in [5.41, 5.74) is -2.26. The molecule has 4 heteroatoms. The van der Waals surface area contributed by atoms with Gasteiger partial charge in [0, 0.05) is 0 Å². The molecule has 0 saturated heterocycles. The Morgan fingerprint density at radius 1 is 1.47 bits per heavy atom. The average molecular weight is 216 g/mol. The van der Waals surface area contributed by atoms with E-state index < -0.39 is 23.1 Å². The van der Waals surface area contributed by atoms with Crippen LogP contribution in [0.2, 0.25) is 0 Å². The van der Waals surface area contributed by atoms with Crippen LogP contribution >= 0.6 is 0 Å². The molecule has 0 aromatic carbocycles. The molecule has 4 nitrogen and oxygen atoms in total. The summed E-state index contributed by atoms with van der Waals surface area (Å²) >= 11 is 0. The maximum Gasteiger partial charge on any atom is 0.313 e. The average Bonchev–Trinajstić information content (AvgIpc) is 2.11. The summed E-state index contributed by atoms with van der Waals surface area (Å²) in [5, 5.41) is 28.0. The molecular weight excluding hydrogens is 196 g/mol. The zero-order valence-electron chi connectivity index (χ0n) is 9.53. The van der Waals surface area contributed by atoms with E-state index in [1.807, 2.05) is 0 Å². The molecule has 0 spiro atoms. The minimum absolute atomic E-state index is 0.221. The van der Waals surface area contributed by atoms with Gasteiger partial charge in [-0.15, -0.1) is 6.58 Å². The molecule has 0 aromatic rings. The van der Waals surface area contributed by atoms with Crippen LogP contribution in [0.4, 0.5) is 0 Å². The van der Waals surface area contributed by atoms with Crippen molar-refractivity contribution in [2.75, 3.05) is 0 Å². The first-order valence-electron chi connectivity index (χ1n) is 4.91. The third kappa shape index (κ3) is 4.01. The summed E-state index contributed by atoms with van der Waals surface area (Å²) in [6.07, 6.45) is 0.887. The molecule has 0 bridgehead atoms. The van der Waals surface area contributed by atoms with Crippen LogP contribution in [0.1, 0.15) is 33.6 Å². The van der Waals surface area contributed by atoms with Crippen molar-refractivity contribution in [1.82, 2.24) is 0 Å². The Bertz CT molecular complexity index is 241. The minimum Gasteiger partial charge on any atom is -0.481 e. The van der Waals surface area contributed by atoms with Crippen LogP contribution in [-0.2, 0) is 4.79 Å². The van der Waals surface area contributed by atoms with E-state index in [-0.39, 0.29) is 12.8 Å². The van der Waals surface area contributed by atoms with Crippen LogP contribution in [0.3, 0.4) is 0 Å². The number of hydrogen-bond donors (Lipinski definition) is 3. The van der Waals surface area contributed by atoms with Crippen molar-refractivity contribution in [2.24, 2.45) is 5.41 Å². The van der Waals surface area contributed by atoms with E-state index in [1.54, 1.807) is 6.92 Å². The van der Waals surface area contributed by atoms with Crippen molar-refractivity contribution < 1.29 is 20.1 Å². The zero-order valence-corrected chi connectivity index (χ0v) is 9.53. The van der Waals surface area contributed by atoms with Crippen LogP contribution < -0.4 is 0 Å². The first-order chi connectivity index (χ1) is 6.63. The second-order valence-corrected chi connectivity index (χ2v) is 4.63. The largest absolute Gasteiger partial charge is 0.481 e. The minimum atomic E-state index is -1.21. The van der Waals surface area contributed by atoms with E-state index in [0.717, 1.165) is 0 Å². The second kappa shape index (κ2) is 4.77. The summed E-state index contributed by atoms with van der Waals surface area (Å²) in [5.74, 6) is -0.972. The zero-order chi connectivity index (χ0) is 12.3. The summed E-state index contributed by atoms with van der Waals surface area (Å²) < 4.78 is 0. The van der Waals surface area contributed by atoms with Gasteiger partial charge in [-0.3, -0.25) is 4.79 Å². The highest BCUT2D eigenvalue weighted by Crippen LogP contribution is 2.27. The smallest absolute Gasteiger partial charge is 0.313 e. The molecule has 0 fully saturated rings. The van der Waals surface area contributed by atoms with Crippen LogP contribution in [0.25, 0.3) is 0 Å². The Labute approximate surface area is 90.2 Å². The predicted molar refractivity (Wildman–Crippen MR) is 57.5 cm³/mol. The topological polar surface area (TPSA) is 77.8 Å². The highest BCUT2D eigenvalue weighted by Gasteiger charge is 2.32. The number of carbonyl (C=O) groups is 1. The normalized spacial score (nSPS) is 17.9. The maximum atomic E-state index is 10.9. The van der Waals surface area contributed by atoms with E-state index in [2.05, 4.69) is 6.58 Å². The first-order valence-corrected chi connectivity index (χ1v) is 4.91. The molecule has 15 heavy (non-hydrogen) atoms. The third-order valence-electron chi connectivity index (χ3n) is 2.69. The van der Waals surface area contributed by atoms with Crippen molar-refractivity contribution in [3.05, 3.63) is 12.7 Å². The number of rotatable bonds is 6. The van der Waals surface area contributed by atoms with Gasteiger partial charge in [0.25, 0.3) is 0 Å². The number of hydrogen-bond acceptors (Lipinski definition) is 3. The van der Waals surface area contributed by atoms with Crippen LogP contribution in [0.15, 0.2) is 12.7 Å². The molecule has 0 rings (SSSR count). The van der Waals surface area contributed by atoms with Crippen LogP contribution in [-0.4, -0.2) is 33.0 Å². The Hall–Kier alpha value is -0.870. The molecule has 0 aromatic heterocycles. The van der Waals surface area contributed by atoms with E-state index >= 15 is 0 Å². The van der Waals surface area contributed by atoms with E-state index in [9.17, 15) is 15.0 Å². The van der Waals surface area contributed by atoms with Crippen molar-refractivity contribution in [3.8, 4) is 0 Å². The van der Waals surface area contributed by atoms with Crippen molar-refractivity contribution >= 4 is 5.97 Å². The van der Waals surface area contributed by atoms with Gasteiger partial charge in [-0.1, -0.05) is 6.08 Å². The van der Waals surface area contributed by atoms with Gasteiger partial charge in [-0.25, -0.2) is 0 Å². The highest BCUT2D eigenvalue weighted by molar-refractivity contribution is 5.76. The van der Waals surface area contributed by atoms with E-state index in [4.69, 9.17) is 5.11 Å². The lowest BCUT2D eigenvalue weighted by atomic mass is 9.83. The number of carboxylic acids is 1. The SMILES string of the molecule is C=C[C@@](C)(CC[C@@H](O)C(C)(C)O)C(=O)O. The molecule has 2 atom stereocenters. The molecule has 0 unspecified atom stereocenters. The van der Waals surface area contributed by atoms with Gasteiger partial charge in [-0.2, -0.15) is 0 Å². The van der Waals surface area contributed by atoms with Gasteiger partial charge < -0.3 is 15.3 Å². The lowest BCUT2D eigenvalue weighted by Crippen LogP contribution is -2.37. The van der Waals surface area contributed by atoms with Gasteiger partial charge in [0.05, 0.1) is 17.1 Å². The lowest BCUT2D eigenvalue weighted by molar-refractivity contribution is -0.146. The number of carboxylic acid groups (broad SMARTS) is 1. The van der Waals surface area contributed by atoms with Crippen molar-refractivity contribution in [1.29, 1.82) is 0 Å². The summed E-state index contributed by atoms with van der Waals surface area (Å²) in [4.78, 5) is 10.9. The lowest BCUT2D eigenvalue weighted by Gasteiger charge is -2.27. The standard InChI is InChI=1S/C11H20O4/c1-5-11(4,9(13)14)7-6-8(12)10(2,3)15/h5,8,12,15H,1,6-7H2,2-4H3,(H,13,14)/t8-,11+/m1/s1. The molecule has 3 N–H and O–H groups in total. The van der Waals surface area contributed by atoms with Crippen molar-refractivity contribution in [3.63, 3.8) is 0 Å². The Morgan fingerprint density at radius 3 is 2.20 bits per heavy atom. The molecule has 0 aliphatic heterocycles. The molecule has 0 radical (unpaired) electrons. The van der Waals surface area contributed by atoms with E-state index in [1.165, 1.54) is 19.9 Å².